The highest BCUT2D eigenvalue weighted by Gasteiger charge is 2.14. The third-order valence-corrected chi connectivity index (χ3v) is 5.37. The average molecular weight is 332 g/mol. The molecular weight excluding hydrogens is 310 g/mol. The number of ether oxygens (including phenoxy) is 1. The molecule has 0 spiro atoms. The highest BCUT2D eigenvalue weighted by molar-refractivity contribution is 7.89. The van der Waals surface area contributed by atoms with Crippen LogP contribution >= 0.6 is 11.6 Å². The molecule has 2 rings (SSSR count). The molecule has 0 amide bonds. The Labute approximate surface area is 131 Å². The lowest BCUT2D eigenvalue weighted by molar-refractivity contribution is 0.0278. The smallest absolute Gasteiger partial charge is 0.240 e. The third kappa shape index (κ3) is 5.58. The molecular formula is C15H22ClNO3S. The number of hydrogen-bond donors (Lipinski definition) is 1. The van der Waals surface area contributed by atoms with Crippen molar-refractivity contribution in [3.8, 4) is 0 Å². The van der Waals surface area contributed by atoms with Crippen LogP contribution in [0, 0.1) is 0 Å². The van der Waals surface area contributed by atoms with Gasteiger partial charge in [0.1, 0.15) is 0 Å². The summed E-state index contributed by atoms with van der Waals surface area (Å²) in [6.45, 7) is 0.992. The normalized spacial score (nSPS) is 17.0. The molecule has 6 heteroatoms. The highest BCUT2D eigenvalue weighted by atomic mass is 35.5. The van der Waals surface area contributed by atoms with Gasteiger partial charge in [-0.1, -0.05) is 30.9 Å². The minimum atomic E-state index is -3.45. The van der Waals surface area contributed by atoms with E-state index in [2.05, 4.69) is 4.72 Å². The van der Waals surface area contributed by atoms with Crippen molar-refractivity contribution in [3.05, 3.63) is 29.3 Å². The number of sulfonamides is 1. The fourth-order valence-electron chi connectivity index (χ4n) is 2.46. The van der Waals surface area contributed by atoms with Gasteiger partial charge in [0.2, 0.25) is 10.0 Å². The van der Waals surface area contributed by atoms with Gasteiger partial charge in [-0.2, -0.15) is 0 Å². The van der Waals surface area contributed by atoms with Crippen LogP contribution in [0.5, 0.6) is 0 Å². The summed E-state index contributed by atoms with van der Waals surface area (Å²) in [6, 6.07) is 6.15. The third-order valence-electron chi connectivity index (χ3n) is 3.64. The molecule has 0 aliphatic heterocycles. The topological polar surface area (TPSA) is 55.4 Å². The van der Waals surface area contributed by atoms with Gasteiger partial charge in [-0.25, -0.2) is 13.1 Å². The van der Waals surface area contributed by atoms with Gasteiger partial charge in [-0.05, 0) is 43.5 Å². The Bertz CT molecular complexity index is 524. The van der Waals surface area contributed by atoms with Gasteiger partial charge in [0, 0.05) is 18.2 Å². The number of halogens is 1. The number of nitrogens with one attached hydrogen (secondary N) is 1. The first-order valence-corrected chi connectivity index (χ1v) is 9.31. The maximum absolute atomic E-state index is 12.0. The van der Waals surface area contributed by atoms with Crippen molar-refractivity contribution < 1.29 is 13.2 Å². The van der Waals surface area contributed by atoms with Crippen molar-refractivity contribution in [2.45, 2.75) is 49.5 Å². The lowest BCUT2D eigenvalue weighted by atomic mass is 9.98. The predicted molar refractivity (Wildman–Crippen MR) is 84.1 cm³/mol. The first-order valence-electron chi connectivity index (χ1n) is 7.45. The summed E-state index contributed by atoms with van der Waals surface area (Å²) in [5.74, 6) is 0. The molecule has 1 aliphatic rings. The number of rotatable bonds is 7. The number of benzene rings is 1. The molecule has 0 saturated heterocycles. The molecule has 1 saturated carbocycles. The maximum atomic E-state index is 12.0. The Morgan fingerprint density at radius 2 is 1.81 bits per heavy atom. The SMILES string of the molecule is O=S(=O)(NCCCOC1CCCCC1)c1ccc(Cl)cc1. The summed E-state index contributed by atoms with van der Waals surface area (Å²) >= 11 is 5.75. The first kappa shape index (κ1) is 16.7. The second-order valence-electron chi connectivity index (χ2n) is 5.34. The molecule has 1 fully saturated rings. The van der Waals surface area contributed by atoms with Crippen molar-refractivity contribution in [1.29, 1.82) is 0 Å². The van der Waals surface area contributed by atoms with Gasteiger partial charge in [0.05, 0.1) is 11.0 Å². The molecule has 0 bridgehead atoms. The molecule has 118 valence electrons. The van der Waals surface area contributed by atoms with Crippen molar-refractivity contribution in [2.75, 3.05) is 13.2 Å². The molecule has 21 heavy (non-hydrogen) atoms. The Hall–Kier alpha value is -0.620. The van der Waals surface area contributed by atoms with Gasteiger partial charge in [0.15, 0.2) is 0 Å². The minimum absolute atomic E-state index is 0.236. The standard InChI is InChI=1S/C15H22ClNO3S/c16-13-7-9-15(10-8-13)21(18,19)17-11-4-12-20-14-5-2-1-3-6-14/h7-10,14,17H,1-6,11-12H2. The Kier molecular flexibility index (Phi) is 6.48. The summed E-state index contributed by atoms with van der Waals surface area (Å²) in [5, 5.41) is 0.523. The Morgan fingerprint density at radius 3 is 2.48 bits per heavy atom. The molecule has 1 aromatic carbocycles. The summed E-state index contributed by atoms with van der Waals surface area (Å²) < 4.78 is 32.4. The van der Waals surface area contributed by atoms with E-state index in [0.717, 1.165) is 12.8 Å². The second-order valence-corrected chi connectivity index (χ2v) is 7.54. The monoisotopic (exact) mass is 331 g/mol. The molecule has 4 nitrogen and oxygen atoms in total. The van der Waals surface area contributed by atoms with Crippen LogP contribution in [0.2, 0.25) is 5.02 Å². The minimum Gasteiger partial charge on any atom is -0.378 e. The predicted octanol–water partition coefficient (Wildman–Crippen LogP) is 3.36. The van der Waals surface area contributed by atoms with E-state index in [-0.39, 0.29) is 4.90 Å². The van der Waals surface area contributed by atoms with Crippen LogP contribution in [0.1, 0.15) is 38.5 Å². The summed E-state index contributed by atoms with van der Waals surface area (Å²) in [7, 11) is -3.45. The summed E-state index contributed by atoms with van der Waals surface area (Å²) in [5.41, 5.74) is 0. The van der Waals surface area contributed by atoms with Crippen molar-refractivity contribution in [1.82, 2.24) is 4.72 Å². The van der Waals surface area contributed by atoms with E-state index in [1.54, 1.807) is 12.1 Å². The lowest BCUT2D eigenvalue weighted by Crippen LogP contribution is -2.26. The number of hydrogen-bond acceptors (Lipinski definition) is 3. The van der Waals surface area contributed by atoms with E-state index in [9.17, 15) is 8.42 Å². The van der Waals surface area contributed by atoms with Crippen molar-refractivity contribution >= 4 is 21.6 Å². The Balaban J connectivity index is 1.68. The van der Waals surface area contributed by atoms with Crippen LogP contribution in [-0.2, 0) is 14.8 Å². The van der Waals surface area contributed by atoms with Crippen LogP contribution in [0.3, 0.4) is 0 Å². The molecule has 1 aliphatic carbocycles. The van der Waals surface area contributed by atoms with E-state index in [1.165, 1.54) is 31.4 Å². The van der Waals surface area contributed by atoms with Crippen LogP contribution in [0.25, 0.3) is 0 Å². The second kappa shape index (κ2) is 8.13. The van der Waals surface area contributed by atoms with E-state index < -0.39 is 10.0 Å². The molecule has 1 aromatic rings. The quantitative estimate of drug-likeness (QED) is 0.779. The largest absolute Gasteiger partial charge is 0.378 e. The van der Waals surface area contributed by atoms with Crippen LogP contribution in [0.4, 0.5) is 0 Å². The van der Waals surface area contributed by atoms with Crippen LogP contribution in [0.15, 0.2) is 29.2 Å². The van der Waals surface area contributed by atoms with Gasteiger partial charge in [0.25, 0.3) is 0 Å². The fraction of sp³-hybridized carbons (Fsp3) is 0.600. The van der Waals surface area contributed by atoms with Crippen molar-refractivity contribution in [2.24, 2.45) is 0 Å². The molecule has 0 heterocycles. The van der Waals surface area contributed by atoms with E-state index in [0.29, 0.717) is 30.7 Å². The van der Waals surface area contributed by atoms with Gasteiger partial charge in [-0.3, -0.25) is 0 Å². The van der Waals surface area contributed by atoms with E-state index >= 15 is 0 Å². The maximum Gasteiger partial charge on any atom is 0.240 e. The Morgan fingerprint density at radius 1 is 1.14 bits per heavy atom. The molecule has 0 unspecified atom stereocenters. The molecule has 0 aromatic heterocycles. The van der Waals surface area contributed by atoms with E-state index in [4.69, 9.17) is 16.3 Å². The zero-order chi connectivity index (χ0) is 15.1. The van der Waals surface area contributed by atoms with E-state index in [1.807, 2.05) is 0 Å². The summed E-state index contributed by atoms with van der Waals surface area (Å²) in [6.07, 6.45) is 7.12. The summed E-state index contributed by atoms with van der Waals surface area (Å²) in [4.78, 5) is 0.236. The zero-order valence-electron chi connectivity index (χ0n) is 12.1. The first-order chi connectivity index (χ1) is 10.1. The van der Waals surface area contributed by atoms with Crippen molar-refractivity contribution in [3.63, 3.8) is 0 Å². The van der Waals surface area contributed by atoms with Gasteiger partial charge < -0.3 is 4.74 Å². The van der Waals surface area contributed by atoms with Crippen LogP contribution in [-0.4, -0.2) is 27.7 Å². The zero-order valence-corrected chi connectivity index (χ0v) is 13.6. The van der Waals surface area contributed by atoms with Crippen LogP contribution < -0.4 is 4.72 Å². The fourth-order valence-corrected chi connectivity index (χ4v) is 3.66. The molecule has 0 atom stereocenters. The molecule has 0 radical (unpaired) electrons. The average Bonchev–Trinajstić information content (AvgIpc) is 2.48. The van der Waals surface area contributed by atoms with Gasteiger partial charge >= 0.3 is 0 Å². The lowest BCUT2D eigenvalue weighted by Gasteiger charge is -2.21. The highest BCUT2D eigenvalue weighted by Crippen LogP contribution is 2.20. The van der Waals surface area contributed by atoms with Gasteiger partial charge in [-0.15, -0.1) is 0 Å². The molecule has 1 N–H and O–H groups in total.